The Bertz CT molecular complexity index is 756. The van der Waals surface area contributed by atoms with Crippen LogP contribution in [-0.4, -0.2) is 29.2 Å². The smallest absolute Gasteiger partial charge is 0.172 e. The van der Waals surface area contributed by atoms with Crippen LogP contribution in [-0.2, 0) is 4.74 Å². The van der Waals surface area contributed by atoms with Crippen LogP contribution in [0, 0.1) is 0 Å². The Morgan fingerprint density at radius 2 is 2.00 bits per heavy atom. The molecule has 5 heteroatoms. The lowest BCUT2D eigenvalue weighted by Crippen LogP contribution is -2.10. The molecule has 23 heavy (non-hydrogen) atoms. The van der Waals surface area contributed by atoms with Gasteiger partial charge < -0.3 is 10.1 Å². The highest BCUT2D eigenvalue weighted by atomic mass is 32.1. The van der Waals surface area contributed by atoms with Gasteiger partial charge in [-0.25, -0.2) is 9.97 Å². The van der Waals surface area contributed by atoms with Crippen molar-refractivity contribution in [2.24, 2.45) is 0 Å². The van der Waals surface area contributed by atoms with Crippen molar-refractivity contribution in [2.45, 2.75) is 26.4 Å². The van der Waals surface area contributed by atoms with Crippen molar-refractivity contribution in [3.63, 3.8) is 0 Å². The van der Waals surface area contributed by atoms with E-state index in [1.165, 1.54) is 0 Å². The fourth-order valence-corrected chi connectivity index (χ4v) is 2.98. The maximum atomic E-state index is 5.58. The number of nitrogens with zero attached hydrogens (tertiary/aromatic N) is 2. The van der Waals surface area contributed by atoms with Crippen LogP contribution in [0.5, 0.6) is 0 Å². The number of benzene rings is 1. The third-order valence-corrected chi connectivity index (χ3v) is 4.28. The standard InChI is InChI=1S/C18H21N3OS/c1-13(2)22-11-6-10-19-17-14-7-3-4-8-15(14)20-18(21-17)16-9-5-12-23-16/h3-5,7-9,12-13H,6,10-11H2,1-2H3,(H,19,20,21). The van der Waals surface area contributed by atoms with Crippen LogP contribution in [0.1, 0.15) is 20.3 Å². The number of hydrogen-bond donors (Lipinski definition) is 1. The summed E-state index contributed by atoms with van der Waals surface area (Å²) >= 11 is 1.66. The summed E-state index contributed by atoms with van der Waals surface area (Å²) in [6, 6.07) is 12.2. The van der Waals surface area contributed by atoms with Crippen LogP contribution >= 0.6 is 11.3 Å². The first kappa shape index (κ1) is 15.9. The summed E-state index contributed by atoms with van der Waals surface area (Å²) < 4.78 is 5.58. The van der Waals surface area contributed by atoms with E-state index in [0.29, 0.717) is 0 Å². The zero-order valence-electron chi connectivity index (χ0n) is 13.5. The molecule has 1 aromatic carbocycles. The van der Waals surface area contributed by atoms with Crippen LogP contribution in [0.4, 0.5) is 5.82 Å². The normalized spacial score (nSPS) is 11.3. The van der Waals surface area contributed by atoms with Crippen molar-refractivity contribution < 1.29 is 4.74 Å². The maximum absolute atomic E-state index is 5.58. The van der Waals surface area contributed by atoms with Gasteiger partial charge >= 0.3 is 0 Å². The molecular formula is C18H21N3OS. The maximum Gasteiger partial charge on any atom is 0.172 e. The van der Waals surface area contributed by atoms with Gasteiger partial charge in [-0.2, -0.15) is 0 Å². The Morgan fingerprint density at radius 3 is 2.78 bits per heavy atom. The lowest BCUT2D eigenvalue weighted by Gasteiger charge is -2.11. The number of para-hydroxylation sites is 1. The molecule has 0 saturated carbocycles. The molecule has 3 rings (SSSR count). The summed E-state index contributed by atoms with van der Waals surface area (Å²) in [5.74, 6) is 1.67. The molecule has 0 spiro atoms. The van der Waals surface area contributed by atoms with Crippen molar-refractivity contribution in [3.05, 3.63) is 41.8 Å². The van der Waals surface area contributed by atoms with Gasteiger partial charge in [0.25, 0.3) is 0 Å². The van der Waals surface area contributed by atoms with E-state index >= 15 is 0 Å². The highest BCUT2D eigenvalue weighted by Gasteiger charge is 2.09. The van der Waals surface area contributed by atoms with Gasteiger partial charge in [0.2, 0.25) is 0 Å². The summed E-state index contributed by atoms with van der Waals surface area (Å²) in [6.45, 7) is 5.69. The first-order valence-electron chi connectivity index (χ1n) is 7.90. The Hall–Kier alpha value is -1.98. The number of aromatic nitrogens is 2. The fraction of sp³-hybridized carbons (Fsp3) is 0.333. The van der Waals surface area contributed by atoms with E-state index in [-0.39, 0.29) is 6.10 Å². The van der Waals surface area contributed by atoms with Gasteiger partial charge in [0.05, 0.1) is 16.5 Å². The van der Waals surface area contributed by atoms with Crippen LogP contribution in [0.15, 0.2) is 41.8 Å². The number of ether oxygens (including phenoxy) is 1. The number of fused-ring (bicyclic) bond motifs is 1. The van der Waals surface area contributed by atoms with Gasteiger partial charge in [0, 0.05) is 18.5 Å². The molecule has 2 aromatic heterocycles. The molecule has 0 unspecified atom stereocenters. The predicted molar refractivity (Wildman–Crippen MR) is 97.0 cm³/mol. The van der Waals surface area contributed by atoms with Crippen LogP contribution in [0.2, 0.25) is 0 Å². The van der Waals surface area contributed by atoms with Crippen molar-refractivity contribution in [1.82, 2.24) is 9.97 Å². The average molecular weight is 327 g/mol. The molecule has 0 aliphatic carbocycles. The predicted octanol–water partition coefficient (Wildman–Crippen LogP) is 4.59. The Kier molecular flexibility index (Phi) is 5.20. The summed E-state index contributed by atoms with van der Waals surface area (Å²) in [7, 11) is 0. The molecule has 2 heterocycles. The molecular weight excluding hydrogens is 306 g/mol. The molecule has 0 fully saturated rings. The van der Waals surface area contributed by atoms with Gasteiger partial charge in [-0.05, 0) is 43.8 Å². The van der Waals surface area contributed by atoms with Gasteiger partial charge in [0.1, 0.15) is 5.82 Å². The molecule has 0 saturated heterocycles. The largest absolute Gasteiger partial charge is 0.379 e. The monoisotopic (exact) mass is 327 g/mol. The summed E-state index contributed by atoms with van der Waals surface area (Å²) in [4.78, 5) is 10.5. The minimum absolute atomic E-state index is 0.278. The zero-order chi connectivity index (χ0) is 16.1. The van der Waals surface area contributed by atoms with Crippen LogP contribution < -0.4 is 5.32 Å². The minimum Gasteiger partial charge on any atom is -0.379 e. The number of thiophene rings is 1. The van der Waals surface area contributed by atoms with E-state index in [4.69, 9.17) is 9.72 Å². The molecule has 3 aromatic rings. The van der Waals surface area contributed by atoms with E-state index < -0.39 is 0 Å². The highest BCUT2D eigenvalue weighted by molar-refractivity contribution is 7.13. The van der Waals surface area contributed by atoms with Crippen molar-refractivity contribution >= 4 is 28.1 Å². The number of anilines is 1. The number of hydrogen-bond acceptors (Lipinski definition) is 5. The average Bonchev–Trinajstić information content (AvgIpc) is 3.08. The van der Waals surface area contributed by atoms with Crippen LogP contribution in [0.3, 0.4) is 0 Å². The Morgan fingerprint density at radius 1 is 1.13 bits per heavy atom. The first-order chi connectivity index (χ1) is 11.2. The van der Waals surface area contributed by atoms with Gasteiger partial charge in [-0.3, -0.25) is 0 Å². The zero-order valence-corrected chi connectivity index (χ0v) is 14.3. The molecule has 4 nitrogen and oxygen atoms in total. The minimum atomic E-state index is 0.278. The molecule has 1 N–H and O–H groups in total. The summed E-state index contributed by atoms with van der Waals surface area (Å²) in [5.41, 5.74) is 0.965. The third-order valence-electron chi connectivity index (χ3n) is 3.41. The fourth-order valence-electron chi connectivity index (χ4n) is 2.33. The topological polar surface area (TPSA) is 47.0 Å². The summed E-state index contributed by atoms with van der Waals surface area (Å²) in [6.07, 6.45) is 1.23. The molecule has 120 valence electrons. The summed E-state index contributed by atoms with van der Waals surface area (Å²) in [5, 5.41) is 6.54. The molecule has 0 aliphatic rings. The molecule has 0 aliphatic heterocycles. The van der Waals surface area contributed by atoms with Crippen molar-refractivity contribution in [2.75, 3.05) is 18.5 Å². The quantitative estimate of drug-likeness (QED) is 0.645. The molecule has 0 atom stereocenters. The molecule has 0 radical (unpaired) electrons. The van der Waals surface area contributed by atoms with Crippen molar-refractivity contribution in [1.29, 1.82) is 0 Å². The second kappa shape index (κ2) is 7.53. The van der Waals surface area contributed by atoms with Crippen LogP contribution in [0.25, 0.3) is 21.6 Å². The van der Waals surface area contributed by atoms with Gasteiger partial charge in [0.15, 0.2) is 5.82 Å². The number of nitrogens with one attached hydrogen (secondary N) is 1. The molecule has 0 bridgehead atoms. The van der Waals surface area contributed by atoms with Crippen molar-refractivity contribution in [3.8, 4) is 10.7 Å². The second-order valence-electron chi connectivity index (χ2n) is 5.59. The lowest BCUT2D eigenvalue weighted by atomic mass is 10.2. The SMILES string of the molecule is CC(C)OCCCNc1nc(-c2cccs2)nc2ccccc12. The van der Waals surface area contributed by atoms with E-state index in [0.717, 1.165) is 47.0 Å². The van der Waals surface area contributed by atoms with Gasteiger partial charge in [-0.15, -0.1) is 11.3 Å². The van der Waals surface area contributed by atoms with E-state index in [2.05, 4.69) is 36.3 Å². The van der Waals surface area contributed by atoms with Gasteiger partial charge in [-0.1, -0.05) is 18.2 Å². The van der Waals surface area contributed by atoms with E-state index in [1.807, 2.05) is 29.6 Å². The Labute approximate surface area is 140 Å². The number of rotatable bonds is 7. The molecule has 0 amide bonds. The second-order valence-corrected chi connectivity index (χ2v) is 6.54. The van der Waals surface area contributed by atoms with E-state index in [1.54, 1.807) is 11.3 Å². The lowest BCUT2D eigenvalue weighted by molar-refractivity contribution is 0.0787. The third kappa shape index (κ3) is 4.06. The highest BCUT2D eigenvalue weighted by Crippen LogP contribution is 2.27. The first-order valence-corrected chi connectivity index (χ1v) is 8.78. The Balaban J connectivity index is 1.80. The van der Waals surface area contributed by atoms with E-state index in [9.17, 15) is 0 Å².